The van der Waals surface area contributed by atoms with Gasteiger partial charge in [-0.1, -0.05) is 17.3 Å². The molecule has 1 aromatic carbocycles. The molecule has 1 fully saturated rings. The summed E-state index contributed by atoms with van der Waals surface area (Å²) in [5.74, 6) is 0.280. The predicted molar refractivity (Wildman–Crippen MR) is 101 cm³/mol. The van der Waals surface area contributed by atoms with Crippen LogP contribution in [-0.2, 0) is 10.0 Å². The number of amides is 2. The molecule has 0 bridgehead atoms. The number of sulfonamides is 1. The number of rotatable bonds is 3. The minimum absolute atomic E-state index is 0.121. The highest BCUT2D eigenvalue weighted by Gasteiger charge is 2.34. The van der Waals surface area contributed by atoms with Gasteiger partial charge in [-0.2, -0.15) is 4.31 Å². The van der Waals surface area contributed by atoms with E-state index >= 15 is 0 Å². The van der Waals surface area contributed by atoms with Crippen molar-refractivity contribution >= 4 is 21.7 Å². The normalized spacial score (nSPS) is 15.8. The summed E-state index contributed by atoms with van der Waals surface area (Å²) in [6, 6.07) is 5.64. The van der Waals surface area contributed by atoms with Crippen LogP contribution in [0.15, 0.2) is 27.6 Å². The van der Waals surface area contributed by atoms with Gasteiger partial charge in [0.1, 0.15) is 10.6 Å². The molecule has 0 unspecified atom stereocenters. The molecule has 0 radical (unpaired) electrons. The fourth-order valence-corrected chi connectivity index (χ4v) is 4.88. The minimum Gasteiger partial charge on any atom is -0.360 e. The monoisotopic (exact) mass is 392 g/mol. The number of urea groups is 1. The van der Waals surface area contributed by atoms with Gasteiger partial charge in [-0.05, 0) is 44.9 Å². The SMILES string of the molecule is Cc1ccc(C)c(NC(=O)N2CCN(S(=O)(=O)c3c(C)noc3C)CC2)c1. The zero-order valence-corrected chi connectivity index (χ0v) is 16.8. The Morgan fingerprint density at radius 1 is 1.11 bits per heavy atom. The van der Waals surface area contributed by atoms with Crippen molar-refractivity contribution in [1.29, 1.82) is 0 Å². The van der Waals surface area contributed by atoms with Crippen molar-refractivity contribution in [1.82, 2.24) is 14.4 Å². The third-order valence-corrected chi connectivity index (χ3v) is 6.87. The van der Waals surface area contributed by atoms with Gasteiger partial charge in [-0.25, -0.2) is 13.2 Å². The van der Waals surface area contributed by atoms with Crippen LogP contribution in [0.3, 0.4) is 0 Å². The number of hydrogen-bond donors (Lipinski definition) is 1. The Morgan fingerprint density at radius 2 is 1.78 bits per heavy atom. The van der Waals surface area contributed by atoms with E-state index in [9.17, 15) is 13.2 Å². The van der Waals surface area contributed by atoms with Gasteiger partial charge in [0, 0.05) is 31.9 Å². The number of hydrogen-bond acceptors (Lipinski definition) is 5. The van der Waals surface area contributed by atoms with Crippen LogP contribution in [0, 0.1) is 27.7 Å². The van der Waals surface area contributed by atoms with Crippen molar-refractivity contribution in [2.75, 3.05) is 31.5 Å². The van der Waals surface area contributed by atoms with E-state index in [1.54, 1.807) is 18.7 Å². The summed E-state index contributed by atoms with van der Waals surface area (Å²) in [7, 11) is -3.68. The molecule has 2 heterocycles. The smallest absolute Gasteiger partial charge is 0.321 e. The highest BCUT2D eigenvalue weighted by molar-refractivity contribution is 7.89. The summed E-state index contributed by atoms with van der Waals surface area (Å²) >= 11 is 0. The Morgan fingerprint density at radius 3 is 2.37 bits per heavy atom. The maximum atomic E-state index is 12.8. The molecule has 1 aromatic heterocycles. The van der Waals surface area contributed by atoms with Gasteiger partial charge in [0.2, 0.25) is 10.0 Å². The van der Waals surface area contributed by atoms with Gasteiger partial charge in [0.15, 0.2) is 5.76 Å². The van der Waals surface area contributed by atoms with E-state index in [1.165, 1.54) is 4.31 Å². The maximum Gasteiger partial charge on any atom is 0.321 e. The Kier molecular flexibility index (Phi) is 5.25. The molecule has 27 heavy (non-hydrogen) atoms. The molecule has 0 aliphatic carbocycles. The average molecular weight is 392 g/mol. The predicted octanol–water partition coefficient (Wildman–Crippen LogP) is 2.45. The van der Waals surface area contributed by atoms with Crippen molar-refractivity contribution < 1.29 is 17.7 Å². The van der Waals surface area contributed by atoms with Crippen molar-refractivity contribution in [3.05, 3.63) is 40.8 Å². The lowest BCUT2D eigenvalue weighted by atomic mass is 10.1. The van der Waals surface area contributed by atoms with Gasteiger partial charge in [0.05, 0.1) is 0 Å². The molecule has 3 rings (SSSR count). The van der Waals surface area contributed by atoms with E-state index in [-0.39, 0.29) is 29.8 Å². The van der Waals surface area contributed by atoms with Crippen LogP contribution in [0.25, 0.3) is 0 Å². The van der Waals surface area contributed by atoms with Crippen molar-refractivity contribution in [2.45, 2.75) is 32.6 Å². The van der Waals surface area contributed by atoms with E-state index in [2.05, 4.69) is 10.5 Å². The number of benzene rings is 1. The zero-order valence-electron chi connectivity index (χ0n) is 15.9. The van der Waals surface area contributed by atoms with E-state index in [0.717, 1.165) is 16.8 Å². The van der Waals surface area contributed by atoms with Crippen LogP contribution in [-0.4, -0.2) is 55.0 Å². The highest BCUT2D eigenvalue weighted by atomic mass is 32.2. The second-order valence-electron chi connectivity index (χ2n) is 6.79. The molecule has 0 spiro atoms. The summed E-state index contributed by atoms with van der Waals surface area (Å²) in [4.78, 5) is 14.3. The van der Waals surface area contributed by atoms with E-state index < -0.39 is 10.0 Å². The standard InChI is InChI=1S/C18H24N4O4S/c1-12-5-6-13(2)16(11-12)19-18(23)21-7-9-22(10-8-21)27(24,25)17-14(3)20-26-15(17)4/h5-6,11H,7-10H2,1-4H3,(H,19,23). The summed E-state index contributed by atoms with van der Waals surface area (Å²) in [5, 5.41) is 6.64. The fourth-order valence-electron chi connectivity index (χ4n) is 3.17. The average Bonchev–Trinajstić information content (AvgIpc) is 2.97. The molecule has 0 atom stereocenters. The topological polar surface area (TPSA) is 95.8 Å². The fraction of sp³-hybridized carbons (Fsp3) is 0.444. The Bertz CT molecular complexity index is 940. The molecule has 8 nitrogen and oxygen atoms in total. The van der Waals surface area contributed by atoms with Gasteiger partial charge >= 0.3 is 6.03 Å². The van der Waals surface area contributed by atoms with Crippen molar-refractivity contribution in [3.8, 4) is 0 Å². The van der Waals surface area contributed by atoms with E-state index in [1.807, 2.05) is 32.0 Å². The first-order valence-electron chi connectivity index (χ1n) is 8.76. The first kappa shape index (κ1) is 19.4. The van der Waals surface area contributed by atoms with E-state index in [0.29, 0.717) is 18.8 Å². The van der Waals surface area contributed by atoms with Gasteiger partial charge in [-0.15, -0.1) is 0 Å². The first-order valence-corrected chi connectivity index (χ1v) is 10.2. The third kappa shape index (κ3) is 3.84. The van der Waals surface area contributed by atoms with Crippen LogP contribution < -0.4 is 5.32 Å². The molecule has 2 aromatic rings. The third-order valence-electron chi connectivity index (χ3n) is 4.73. The molecule has 1 saturated heterocycles. The summed E-state index contributed by atoms with van der Waals surface area (Å²) in [5.41, 5.74) is 3.16. The van der Waals surface area contributed by atoms with Crippen LogP contribution in [0.4, 0.5) is 10.5 Å². The number of anilines is 1. The Balaban J connectivity index is 1.66. The van der Waals surface area contributed by atoms with Crippen LogP contribution >= 0.6 is 0 Å². The van der Waals surface area contributed by atoms with Crippen LogP contribution in [0.5, 0.6) is 0 Å². The zero-order chi connectivity index (χ0) is 19.8. The van der Waals surface area contributed by atoms with Crippen molar-refractivity contribution in [3.63, 3.8) is 0 Å². The van der Waals surface area contributed by atoms with Crippen LogP contribution in [0.1, 0.15) is 22.6 Å². The lowest BCUT2D eigenvalue weighted by Gasteiger charge is -2.34. The van der Waals surface area contributed by atoms with E-state index in [4.69, 9.17) is 4.52 Å². The van der Waals surface area contributed by atoms with Crippen molar-refractivity contribution in [2.24, 2.45) is 0 Å². The maximum absolute atomic E-state index is 12.8. The molecular weight excluding hydrogens is 368 g/mol. The van der Waals surface area contributed by atoms with Gasteiger partial charge < -0.3 is 14.7 Å². The first-order chi connectivity index (χ1) is 12.7. The summed E-state index contributed by atoms with van der Waals surface area (Å²) in [6.07, 6.45) is 0. The molecule has 9 heteroatoms. The second kappa shape index (κ2) is 7.32. The van der Waals surface area contributed by atoms with Gasteiger partial charge in [-0.3, -0.25) is 0 Å². The molecule has 1 aliphatic heterocycles. The largest absolute Gasteiger partial charge is 0.360 e. The quantitative estimate of drug-likeness (QED) is 0.866. The minimum atomic E-state index is -3.68. The highest BCUT2D eigenvalue weighted by Crippen LogP contribution is 2.24. The molecular formula is C18H24N4O4S. The van der Waals surface area contributed by atoms with Gasteiger partial charge in [0.25, 0.3) is 0 Å². The molecule has 1 aliphatic rings. The number of aromatic nitrogens is 1. The Labute approximate surface area is 159 Å². The molecule has 1 N–H and O–H groups in total. The lowest BCUT2D eigenvalue weighted by Crippen LogP contribution is -2.51. The Hall–Kier alpha value is -2.39. The number of aryl methyl sites for hydroxylation is 4. The molecule has 2 amide bonds. The number of carbonyl (C=O) groups is 1. The summed E-state index contributed by atoms with van der Waals surface area (Å²) < 4.78 is 32.1. The summed E-state index contributed by atoms with van der Waals surface area (Å²) in [6.45, 7) is 8.19. The number of nitrogens with zero attached hydrogens (tertiary/aromatic N) is 3. The number of piperazine rings is 1. The lowest BCUT2D eigenvalue weighted by molar-refractivity contribution is 0.184. The van der Waals surface area contributed by atoms with Crippen LogP contribution in [0.2, 0.25) is 0 Å². The molecule has 0 saturated carbocycles. The molecule has 146 valence electrons. The number of carbonyl (C=O) groups excluding carboxylic acids is 1. The number of nitrogens with one attached hydrogen (secondary N) is 1. The second-order valence-corrected chi connectivity index (χ2v) is 8.67.